The minimum Gasteiger partial charge on any atom is -0.493 e. The first-order valence-electron chi connectivity index (χ1n) is 10.3. The molecule has 31 heavy (non-hydrogen) atoms. The van der Waals surface area contributed by atoms with Crippen molar-refractivity contribution in [3.05, 3.63) is 102 Å². The minimum absolute atomic E-state index is 0.424. The molecule has 5 heteroatoms. The highest BCUT2D eigenvalue weighted by Gasteiger charge is 2.11. The van der Waals surface area contributed by atoms with Gasteiger partial charge in [-0.1, -0.05) is 60.7 Å². The zero-order valence-corrected chi connectivity index (χ0v) is 17.9. The third-order valence-electron chi connectivity index (χ3n) is 4.72. The Labute approximate surface area is 183 Å². The third kappa shape index (κ3) is 6.81. The number of rotatable bonds is 10. The number of aromatic nitrogens is 1. The lowest BCUT2D eigenvalue weighted by Crippen LogP contribution is -2.04. The molecule has 0 atom stereocenters. The van der Waals surface area contributed by atoms with Gasteiger partial charge in [0.05, 0.1) is 12.3 Å². The first-order valence-corrected chi connectivity index (χ1v) is 10.3. The van der Waals surface area contributed by atoms with Gasteiger partial charge < -0.3 is 14.4 Å². The highest BCUT2D eigenvalue weighted by molar-refractivity contribution is 5.66. The summed E-state index contributed by atoms with van der Waals surface area (Å²) in [7, 11) is 0. The Morgan fingerprint density at radius 1 is 1.10 bits per heavy atom. The normalized spacial score (nSPS) is 12.2. The fourth-order valence-corrected chi connectivity index (χ4v) is 3.02. The average molecular weight is 417 g/mol. The maximum Gasteiger partial charge on any atom is 0.226 e. The smallest absolute Gasteiger partial charge is 0.226 e. The SMILES string of the molecule is C\C(=C/C=C/C=C/CNO)c1cccc(OCCc2nc(-c3ccccc3)oc2C)c1. The van der Waals surface area contributed by atoms with Gasteiger partial charge in [0.1, 0.15) is 11.5 Å². The number of allylic oxidation sites excluding steroid dienone is 5. The Balaban J connectivity index is 1.56. The third-order valence-corrected chi connectivity index (χ3v) is 4.72. The van der Waals surface area contributed by atoms with Gasteiger partial charge in [-0.2, -0.15) is 0 Å². The van der Waals surface area contributed by atoms with Gasteiger partial charge in [-0.25, -0.2) is 10.5 Å². The van der Waals surface area contributed by atoms with Crippen LogP contribution in [-0.2, 0) is 6.42 Å². The molecule has 0 spiro atoms. The lowest BCUT2D eigenvalue weighted by atomic mass is 10.1. The zero-order chi connectivity index (χ0) is 21.9. The summed E-state index contributed by atoms with van der Waals surface area (Å²) < 4.78 is 11.8. The molecule has 0 fully saturated rings. The number of nitrogens with one attached hydrogen (secondary N) is 1. The lowest BCUT2D eigenvalue weighted by Gasteiger charge is -2.08. The maximum atomic E-state index is 8.52. The number of hydrogen-bond acceptors (Lipinski definition) is 5. The molecule has 3 aromatic rings. The van der Waals surface area contributed by atoms with Crippen LogP contribution in [-0.4, -0.2) is 23.3 Å². The van der Waals surface area contributed by atoms with Crippen LogP contribution in [0.3, 0.4) is 0 Å². The molecular weight excluding hydrogens is 388 g/mol. The van der Waals surface area contributed by atoms with E-state index in [9.17, 15) is 0 Å². The van der Waals surface area contributed by atoms with Gasteiger partial charge in [-0.05, 0) is 49.2 Å². The largest absolute Gasteiger partial charge is 0.493 e. The summed E-state index contributed by atoms with van der Waals surface area (Å²) in [5.74, 6) is 2.30. The molecule has 0 amide bonds. The van der Waals surface area contributed by atoms with Crippen LogP contribution in [0.1, 0.15) is 23.9 Å². The van der Waals surface area contributed by atoms with Crippen LogP contribution < -0.4 is 10.2 Å². The van der Waals surface area contributed by atoms with Crippen molar-refractivity contribution in [1.82, 2.24) is 10.5 Å². The fraction of sp³-hybridized carbons (Fsp3) is 0.192. The van der Waals surface area contributed by atoms with Gasteiger partial charge in [0.2, 0.25) is 5.89 Å². The predicted octanol–water partition coefficient (Wildman–Crippen LogP) is 5.77. The Morgan fingerprint density at radius 2 is 1.94 bits per heavy atom. The molecule has 160 valence electrons. The van der Waals surface area contributed by atoms with E-state index >= 15 is 0 Å². The van der Waals surface area contributed by atoms with Crippen LogP contribution in [0.25, 0.3) is 17.0 Å². The van der Waals surface area contributed by atoms with E-state index in [-0.39, 0.29) is 0 Å². The van der Waals surface area contributed by atoms with Crippen LogP contribution in [0.15, 0.2) is 89.4 Å². The molecule has 0 unspecified atom stereocenters. The van der Waals surface area contributed by atoms with Gasteiger partial charge >= 0.3 is 0 Å². The summed E-state index contributed by atoms with van der Waals surface area (Å²) in [5.41, 5.74) is 6.21. The van der Waals surface area contributed by atoms with Crippen molar-refractivity contribution in [1.29, 1.82) is 0 Å². The predicted molar refractivity (Wildman–Crippen MR) is 124 cm³/mol. The van der Waals surface area contributed by atoms with Crippen molar-refractivity contribution in [2.24, 2.45) is 0 Å². The number of nitrogens with zero attached hydrogens (tertiary/aromatic N) is 1. The summed E-state index contributed by atoms with van der Waals surface area (Å²) in [4.78, 5) is 4.63. The molecule has 0 radical (unpaired) electrons. The zero-order valence-electron chi connectivity index (χ0n) is 17.9. The molecule has 0 aliphatic heterocycles. The van der Waals surface area contributed by atoms with Crippen LogP contribution in [0.5, 0.6) is 5.75 Å². The fourth-order valence-electron chi connectivity index (χ4n) is 3.02. The Bertz CT molecular complexity index is 1050. The van der Waals surface area contributed by atoms with Crippen molar-refractivity contribution in [2.75, 3.05) is 13.2 Å². The van der Waals surface area contributed by atoms with E-state index in [1.54, 1.807) is 0 Å². The summed E-state index contributed by atoms with van der Waals surface area (Å²) in [6.07, 6.45) is 10.3. The van der Waals surface area contributed by atoms with Gasteiger partial charge in [0.25, 0.3) is 0 Å². The van der Waals surface area contributed by atoms with Crippen LogP contribution in [0, 0.1) is 6.92 Å². The first-order chi connectivity index (χ1) is 15.2. The molecule has 0 bridgehead atoms. The molecule has 1 heterocycles. The van der Waals surface area contributed by atoms with Gasteiger partial charge in [-0.15, -0.1) is 0 Å². The first kappa shape index (κ1) is 22.3. The van der Waals surface area contributed by atoms with Crippen molar-refractivity contribution in [3.8, 4) is 17.2 Å². The highest BCUT2D eigenvalue weighted by Crippen LogP contribution is 2.23. The van der Waals surface area contributed by atoms with Gasteiger partial charge in [0, 0.05) is 18.5 Å². The molecule has 2 N–H and O–H groups in total. The van der Waals surface area contributed by atoms with Crippen molar-refractivity contribution < 1.29 is 14.4 Å². The molecule has 5 nitrogen and oxygen atoms in total. The second kappa shape index (κ2) is 11.7. The molecule has 0 saturated carbocycles. The van der Waals surface area contributed by atoms with E-state index in [0.29, 0.717) is 25.5 Å². The monoisotopic (exact) mass is 416 g/mol. The Morgan fingerprint density at radius 3 is 2.74 bits per heavy atom. The Kier molecular flexibility index (Phi) is 8.40. The van der Waals surface area contributed by atoms with E-state index in [0.717, 1.165) is 33.9 Å². The van der Waals surface area contributed by atoms with E-state index < -0.39 is 0 Å². The van der Waals surface area contributed by atoms with Crippen LogP contribution in [0.2, 0.25) is 0 Å². The number of hydroxylamine groups is 1. The number of aryl methyl sites for hydroxylation is 1. The average Bonchev–Trinajstić information content (AvgIpc) is 3.17. The summed E-state index contributed by atoms with van der Waals surface area (Å²) >= 11 is 0. The number of hydrogen-bond donors (Lipinski definition) is 2. The van der Waals surface area contributed by atoms with Crippen molar-refractivity contribution in [3.63, 3.8) is 0 Å². The number of ether oxygens (including phenoxy) is 1. The molecule has 2 aromatic carbocycles. The van der Waals surface area contributed by atoms with E-state index in [1.165, 1.54) is 0 Å². The molecule has 0 saturated heterocycles. The van der Waals surface area contributed by atoms with Crippen LogP contribution >= 0.6 is 0 Å². The molecule has 0 aliphatic rings. The standard InChI is InChI=1S/C26H28N2O3/c1-20(11-6-3-4-9-17-27-29)23-14-10-15-24(19-23)30-18-16-25-21(2)31-26(28-25)22-12-7-5-8-13-22/h3-15,19,27,29H,16-18H2,1-2H3/b6-3+,9-4+,20-11+. The Hall–Kier alpha value is -3.41. The van der Waals surface area contributed by atoms with Gasteiger partial charge in [0.15, 0.2) is 0 Å². The molecule has 3 rings (SSSR count). The summed E-state index contributed by atoms with van der Waals surface area (Å²) in [6.45, 7) is 4.95. The lowest BCUT2D eigenvalue weighted by molar-refractivity contribution is 0.179. The van der Waals surface area contributed by atoms with Crippen molar-refractivity contribution >= 4 is 5.57 Å². The van der Waals surface area contributed by atoms with E-state index in [4.69, 9.17) is 14.4 Å². The minimum atomic E-state index is 0.424. The summed E-state index contributed by atoms with van der Waals surface area (Å²) in [5, 5.41) is 8.52. The maximum absolute atomic E-state index is 8.52. The molecule has 1 aromatic heterocycles. The number of oxazole rings is 1. The number of benzene rings is 2. The summed E-state index contributed by atoms with van der Waals surface area (Å²) in [6, 6.07) is 18.0. The topological polar surface area (TPSA) is 67.5 Å². The van der Waals surface area contributed by atoms with Crippen LogP contribution in [0.4, 0.5) is 0 Å². The van der Waals surface area contributed by atoms with Gasteiger partial charge in [-0.3, -0.25) is 0 Å². The quantitative estimate of drug-likeness (QED) is 0.325. The second-order valence-electron chi connectivity index (χ2n) is 7.04. The molecule has 0 aliphatic carbocycles. The van der Waals surface area contributed by atoms with E-state index in [2.05, 4.69) is 23.5 Å². The van der Waals surface area contributed by atoms with E-state index in [1.807, 2.05) is 85.8 Å². The highest BCUT2D eigenvalue weighted by atomic mass is 16.5. The van der Waals surface area contributed by atoms with Crippen molar-refractivity contribution in [2.45, 2.75) is 20.3 Å². The molecular formula is C26H28N2O3. The second-order valence-corrected chi connectivity index (χ2v) is 7.04.